The predicted molar refractivity (Wildman–Crippen MR) is 82.0 cm³/mol. The summed E-state index contributed by atoms with van der Waals surface area (Å²) in [6.07, 6.45) is 4.53. The van der Waals surface area contributed by atoms with Crippen LogP contribution in [0.3, 0.4) is 0 Å². The van der Waals surface area contributed by atoms with E-state index in [-0.39, 0.29) is 36.0 Å². The average molecular weight is 299 g/mol. The quantitative estimate of drug-likeness (QED) is 0.621. The Morgan fingerprint density at radius 1 is 1.29 bits per heavy atom. The molecule has 0 heterocycles. The Morgan fingerprint density at radius 3 is 2.43 bits per heavy atom. The minimum atomic E-state index is -0.904. The molecule has 0 spiro atoms. The molecule has 0 saturated heterocycles. The zero-order valence-electron chi connectivity index (χ0n) is 13.3. The molecule has 3 atom stereocenters. The molecular formula is C15H29N3O3. The van der Waals surface area contributed by atoms with Crippen LogP contribution in [0.4, 0.5) is 4.79 Å². The van der Waals surface area contributed by atoms with Gasteiger partial charge in [-0.2, -0.15) is 0 Å². The first-order chi connectivity index (χ1) is 9.67. The number of carbonyl (C=O) groups is 2. The van der Waals surface area contributed by atoms with Gasteiger partial charge in [0.15, 0.2) is 0 Å². The number of urea groups is 1. The van der Waals surface area contributed by atoms with Crippen molar-refractivity contribution in [3.05, 3.63) is 0 Å². The standard InChI is InChI=1S/C15H29N3O3/c1-15(2,3)9-10(8-13(19)20)17-14(21)18-12-7-5-4-6-11(12)16/h10-12H,4-9,16H2,1-3H3,(H,19,20)(H2,17,18,21). The van der Waals surface area contributed by atoms with Crippen LogP contribution in [0.25, 0.3) is 0 Å². The molecule has 2 amide bonds. The molecule has 1 rings (SSSR count). The van der Waals surface area contributed by atoms with Crippen LogP contribution in [-0.4, -0.2) is 35.2 Å². The zero-order chi connectivity index (χ0) is 16.0. The van der Waals surface area contributed by atoms with E-state index >= 15 is 0 Å². The van der Waals surface area contributed by atoms with E-state index in [4.69, 9.17) is 10.8 Å². The van der Waals surface area contributed by atoms with Gasteiger partial charge >= 0.3 is 12.0 Å². The highest BCUT2D eigenvalue weighted by atomic mass is 16.4. The smallest absolute Gasteiger partial charge is 0.315 e. The van der Waals surface area contributed by atoms with Crippen LogP contribution in [0.1, 0.15) is 59.3 Å². The van der Waals surface area contributed by atoms with E-state index in [1.165, 1.54) is 0 Å². The van der Waals surface area contributed by atoms with E-state index in [0.29, 0.717) is 6.42 Å². The van der Waals surface area contributed by atoms with Gasteiger partial charge in [-0.15, -0.1) is 0 Å². The number of nitrogens with one attached hydrogen (secondary N) is 2. The molecule has 1 saturated carbocycles. The average Bonchev–Trinajstić information content (AvgIpc) is 2.28. The predicted octanol–water partition coefficient (Wildman–Crippen LogP) is 1.83. The number of carbonyl (C=O) groups excluding carboxylic acids is 1. The Balaban J connectivity index is 2.52. The van der Waals surface area contributed by atoms with Crippen LogP contribution in [0, 0.1) is 5.41 Å². The van der Waals surface area contributed by atoms with E-state index in [1.807, 2.05) is 20.8 Å². The first kappa shape index (κ1) is 17.8. The number of carboxylic acids is 1. The molecule has 5 N–H and O–H groups in total. The molecule has 21 heavy (non-hydrogen) atoms. The van der Waals surface area contributed by atoms with Crippen molar-refractivity contribution in [1.82, 2.24) is 10.6 Å². The van der Waals surface area contributed by atoms with Gasteiger partial charge in [-0.3, -0.25) is 4.79 Å². The molecule has 3 unspecified atom stereocenters. The Bertz CT molecular complexity index is 366. The number of hydrogen-bond donors (Lipinski definition) is 4. The second-order valence-electron chi connectivity index (χ2n) is 7.23. The highest BCUT2D eigenvalue weighted by Gasteiger charge is 2.26. The second kappa shape index (κ2) is 7.64. The van der Waals surface area contributed by atoms with Gasteiger partial charge in [0, 0.05) is 18.1 Å². The van der Waals surface area contributed by atoms with Gasteiger partial charge in [-0.1, -0.05) is 33.6 Å². The molecule has 0 aliphatic heterocycles. The molecule has 6 nitrogen and oxygen atoms in total. The summed E-state index contributed by atoms with van der Waals surface area (Å²) in [5.74, 6) is -0.904. The third-order valence-electron chi connectivity index (χ3n) is 3.75. The Morgan fingerprint density at radius 2 is 1.90 bits per heavy atom. The summed E-state index contributed by atoms with van der Waals surface area (Å²) >= 11 is 0. The Hall–Kier alpha value is -1.30. The van der Waals surface area contributed by atoms with Crippen LogP contribution >= 0.6 is 0 Å². The van der Waals surface area contributed by atoms with Crippen LogP contribution in [0.5, 0.6) is 0 Å². The molecule has 122 valence electrons. The monoisotopic (exact) mass is 299 g/mol. The largest absolute Gasteiger partial charge is 0.481 e. The van der Waals surface area contributed by atoms with Gasteiger partial charge in [0.2, 0.25) is 0 Å². The molecule has 0 radical (unpaired) electrons. The molecule has 0 aromatic heterocycles. The molecular weight excluding hydrogens is 270 g/mol. The SMILES string of the molecule is CC(C)(C)CC(CC(=O)O)NC(=O)NC1CCCCC1N. The number of aliphatic carboxylic acids is 1. The van der Waals surface area contributed by atoms with Crippen LogP contribution < -0.4 is 16.4 Å². The fourth-order valence-electron chi connectivity index (χ4n) is 2.86. The lowest BCUT2D eigenvalue weighted by atomic mass is 9.87. The van der Waals surface area contributed by atoms with E-state index in [0.717, 1.165) is 25.7 Å². The highest BCUT2D eigenvalue weighted by molar-refractivity contribution is 5.76. The van der Waals surface area contributed by atoms with Crippen molar-refractivity contribution in [3.63, 3.8) is 0 Å². The van der Waals surface area contributed by atoms with Gasteiger partial charge in [0.05, 0.1) is 6.42 Å². The van der Waals surface area contributed by atoms with Crippen LogP contribution in [0.15, 0.2) is 0 Å². The molecule has 0 aromatic carbocycles. The van der Waals surface area contributed by atoms with Gasteiger partial charge in [0.1, 0.15) is 0 Å². The first-order valence-corrected chi connectivity index (χ1v) is 7.72. The minimum absolute atomic E-state index is 0.00922. The summed E-state index contributed by atoms with van der Waals surface area (Å²) in [6, 6.07) is -0.709. The summed E-state index contributed by atoms with van der Waals surface area (Å²) in [5, 5.41) is 14.6. The van der Waals surface area contributed by atoms with E-state index in [9.17, 15) is 9.59 Å². The van der Waals surface area contributed by atoms with Crippen molar-refractivity contribution in [2.24, 2.45) is 11.1 Å². The number of carboxylic acid groups (broad SMARTS) is 1. The Kier molecular flexibility index (Phi) is 6.45. The molecule has 0 aromatic rings. The zero-order valence-corrected chi connectivity index (χ0v) is 13.3. The van der Waals surface area contributed by atoms with Gasteiger partial charge in [-0.05, 0) is 24.7 Å². The maximum atomic E-state index is 12.1. The van der Waals surface area contributed by atoms with Crippen molar-refractivity contribution in [1.29, 1.82) is 0 Å². The van der Waals surface area contributed by atoms with Gasteiger partial charge < -0.3 is 21.5 Å². The number of rotatable bonds is 5. The lowest BCUT2D eigenvalue weighted by Crippen LogP contribution is -2.54. The van der Waals surface area contributed by atoms with Crippen molar-refractivity contribution < 1.29 is 14.7 Å². The minimum Gasteiger partial charge on any atom is -0.481 e. The normalized spacial score (nSPS) is 24.2. The lowest BCUT2D eigenvalue weighted by molar-refractivity contribution is -0.137. The van der Waals surface area contributed by atoms with E-state index in [2.05, 4.69) is 10.6 Å². The molecule has 1 fully saturated rings. The number of hydrogen-bond acceptors (Lipinski definition) is 3. The fourth-order valence-corrected chi connectivity index (χ4v) is 2.86. The van der Waals surface area contributed by atoms with Crippen molar-refractivity contribution in [2.75, 3.05) is 0 Å². The molecule has 6 heteroatoms. The maximum Gasteiger partial charge on any atom is 0.315 e. The first-order valence-electron chi connectivity index (χ1n) is 7.72. The van der Waals surface area contributed by atoms with Crippen molar-refractivity contribution in [3.8, 4) is 0 Å². The maximum absolute atomic E-state index is 12.1. The van der Waals surface area contributed by atoms with E-state index in [1.54, 1.807) is 0 Å². The fraction of sp³-hybridized carbons (Fsp3) is 0.867. The van der Waals surface area contributed by atoms with E-state index < -0.39 is 5.97 Å². The highest BCUT2D eigenvalue weighted by Crippen LogP contribution is 2.22. The third kappa shape index (κ3) is 7.32. The molecule has 0 bridgehead atoms. The lowest BCUT2D eigenvalue weighted by Gasteiger charge is -2.31. The van der Waals surface area contributed by atoms with Crippen molar-refractivity contribution in [2.45, 2.75) is 77.4 Å². The van der Waals surface area contributed by atoms with Crippen LogP contribution in [-0.2, 0) is 4.79 Å². The van der Waals surface area contributed by atoms with Crippen molar-refractivity contribution >= 4 is 12.0 Å². The van der Waals surface area contributed by atoms with Crippen LogP contribution in [0.2, 0.25) is 0 Å². The Labute approximate surface area is 126 Å². The molecule has 1 aliphatic rings. The molecule has 1 aliphatic carbocycles. The second-order valence-corrected chi connectivity index (χ2v) is 7.23. The summed E-state index contributed by atoms with van der Waals surface area (Å²) in [5.41, 5.74) is 5.96. The topological polar surface area (TPSA) is 104 Å². The number of nitrogens with two attached hydrogens (primary N) is 1. The summed E-state index contributed by atoms with van der Waals surface area (Å²) < 4.78 is 0. The third-order valence-corrected chi connectivity index (χ3v) is 3.75. The summed E-state index contributed by atoms with van der Waals surface area (Å²) in [7, 11) is 0. The summed E-state index contributed by atoms with van der Waals surface area (Å²) in [4.78, 5) is 23.0. The number of amides is 2. The summed E-state index contributed by atoms with van der Waals surface area (Å²) in [6.45, 7) is 6.08. The van der Waals surface area contributed by atoms with Gasteiger partial charge in [-0.25, -0.2) is 4.79 Å². The van der Waals surface area contributed by atoms with Gasteiger partial charge in [0.25, 0.3) is 0 Å².